The van der Waals surface area contributed by atoms with E-state index < -0.39 is 0 Å². The normalized spacial score (nSPS) is 9.52. The second-order valence-electron chi connectivity index (χ2n) is 2.77. The van der Waals surface area contributed by atoms with Crippen LogP contribution < -0.4 is 0 Å². The Labute approximate surface area is 141 Å². The first kappa shape index (κ1) is 42.8. The Morgan fingerprint density at radius 1 is 0.619 bits per heavy atom. The van der Waals surface area contributed by atoms with Crippen LogP contribution in [0.3, 0.4) is 0 Å². The van der Waals surface area contributed by atoms with Gasteiger partial charge >= 0.3 is 0 Å². The highest BCUT2D eigenvalue weighted by molar-refractivity contribution is 4.84. The lowest BCUT2D eigenvalue weighted by Crippen LogP contribution is -2.02. The average Bonchev–Trinajstić information content (AvgIpc) is 2.64. The van der Waals surface area contributed by atoms with Crippen molar-refractivity contribution >= 4 is 0 Å². The first-order valence-corrected chi connectivity index (χ1v) is 9.85. The van der Waals surface area contributed by atoms with Crippen LogP contribution in [0.4, 0.5) is 0 Å². The summed E-state index contributed by atoms with van der Waals surface area (Å²) in [5.41, 5.74) is 0. The molecule has 0 bridgehead atoms. The van der Waals surface area contributed by atoms with E-state index in [2.05, 4.69) is 39.8 Å². The summed E-state index contributed by atoms with van der Waals surface area (Å²) in [5.74, 6) is 1.58. The van der Waals surface area contributed by atoms with Crippen LogP contribution in [0.1, 0.15) is 117 Å². The molecule has 0 heterocycles. The minimum absolute atomic E-state index is 0.750. The molecule has 0 amide bonds. The summed E-state index contributed by atoms with van der Waals surface area (Å²) in [6.45, 7) is 32.9. The molecular formula is C21H54. The van der Waals surface area contributed by atoms with Crippen molar-refractivity contribution in [1.82, 2.24) is 0 Å². The molecule has 0 saturated carbocycles. The highest BCUT2D eigenvalue weighted by atomic mass is 14.1. The fraction of sp³-hybridized carbons (Fsp3) is 0.905. The van der Waals surface area contributed by atoms with Crippen LogP contribution >= 0.6 is 0 Å². The Kier molecular flexibility index (Phi) is 185. The zero-order valence-electron chi connectivity index (χ0n) is 19.0. The minimum Gasteiger partial charge on any atom is -0.0914 e. The maximum Gasteiger partial charge on any atom is -0.0236 e. The topological polar surface area (TPSA) is 0 Å². The molecule has 138 valence electrons. The molecule has 0 aliphatic carbocycles. The third kappa shape index (κ3) is 81.3. The number of allylic oxidation sites excluding steroid dienone is 2. The highest BCUT2D eigenvalue weighted by Gasteiger charge is 2.04. The molecule has 0 rings (SSSR count). The predicted octanol–water partition coefficient (Wildman–Crippen LogP) is 9.40. The summed E-state index contributed by atoms with van der Waals surface area (Å²) >= 11 is 0. The molecule has 0 fully saturated rings. The molecule has 0 saturated heterocycles. The summed E-state index contributed by atoms with van der Waals surface area (Å²) in [7, 11) is 0. The fourth-order valence-corrected chi connectivity index (χ4v) is 0.865. The maximum absolute atomic E-state index is 2.30. The van der Waals surface area contributed by atoms with E-state index in [0.29, 0.717) is 0 Å². The first-order valence-electron chi connectivity index (χ1n) is 9.85. The molecule has 0 nitrogen and oxygen atoms in total. The van der Waals surface area contributed by atoms with Gasteiger partial charge in [0.1, 0.15) is 0 Å². The third-order valence-corrected chi connectivity index (χ3v) is 2.04. The predicted molar refractivity (Wildman–Crippen MR) is 112 cm³/mol. The molecule has 0 spiro atoms. The van der Waals surface area contributed by atoms with E-state index in [4.69, 9.17) is 0 Å². The van der Waals surface area contributed by atoms with Crippen molar-refractivity contribution in [2.75, 3.05) is 0 Å². The van der Waals surface area contributed by atoms with Gasteiger partial charge < -0.3 is 0 Å². The van der Waals surface area contributed by atoms with Gasteiger partial charge in [-0.15, -0.1) is 0 Å². The van der Waals surface area contributed by atoms with Gasteiger partial charge in [0, 0.05) is 0 Å². The van der Waals surface area contributed by atoms with Crippen LogP contribution in [0.2, 0.25) is 0 Å². The molecule has 0 aliphatic rings. The number of rotatable bonds is 3. The Balaban J connectivity index is -0.0000000275. The molecule has 2 unspecified atom stereocenters. The van der Waals surface area contributed by atoms with E-state index in [1.165, 1.54) is 6.42 Å². The quantitative estimate of drug-likeness (QED) is 0.455. The SMILES string of the molecule is C/C=C\C(C)C(C)CC.CC.CC.CC.CC.CC.CC. The van der Waals surface area contributed by atoms with Crippen molar-refractivity contribution in [3.8, 4) is 0 Å². The molecule has 2 atom stereocenters. The lowest BCUT2D eigenvalue weighted by molar-refractivity contribution is 0.446. The standard InChI is InChI=1S/C9H18.6C2H6/c1-5-7-9(4)8(3)6-2;6*1-2/h5,7-9H,6H2,1-4H3;6*1-2H3/b7-5-;;;;;;. The van der Waals surface area contributed by atoms with Crippen molar-refractivity contribution in [3.63, 3.8) is 0 Å². The summed E-state index contributed by atoms with van der Waals surface area (Å²) < 4.78 is 0. The van der Waals surface area contributed by atoms with Crippen molar-refractivity contribution < 1.29 is 0 Å². The van der Waals surface area contributed by atoms with Gasteiger partial charge in [0.2, 0.25) is 0 Å². The summed E-state index contributed by atoms with van der Waals surface area (Å²) in [4.78, 5) is 0. The van der Waals surface area contributed by atoms with Gasteiger partial charge in [-0.1, -0.05) is 122 Å². The zero-order valence-corrected chi connectivity index (χ0v) is 19.0. The van der Waals surface area contributed by atoms with Crippen LogP contribution in [-0.2, 0) is 0 Å². The smallest absolute Gasteiger partial charge is 0.0236 e. The Hall–Kier alpha value is -0.260. The second-order valence-corrected chi connectivity index (χ2v) is 2.77. The van der Waals surface area contributed by atoms with Crippen molar-refractivity contribution in [1.29, 1.82) is 0 Å². The molecule has 0 aliphatic heterocycles. The lowest BCUT2D eigenvalue weighted by atomic mass is 9.93. The molecule has 0 radical (unpaired) electrons. The fourth-order valence-electron chi connectivity index (χ4n) is 0.865. The largest absolute Gasteiger partial charge is 0.0914 e. The van der Waals surface area contributed by atoms with E-state index >= 15 is 0 Å². The van der Waals surface area contributed by atoms with E-state index in [-0.39, 0.29) is 0 Å². The maximum atomic E-state index is 2.30. The Morgan fingerprint density at radius 2 is 0.857 bits per heavy atom. The molecule has 21 heavy (non-hydrogen) atoms. The highest BCUT2D eigenvalue weighted by Crippen LogP contribution is 2.14. The van der Waals surface area contributed by atoms with E-state index in [1.54, 1.807) is 0 Å². The molecular weight excluding hydrogens is 252 g/mol. The van der Waals surface area contributed by atoms with E-state index in [1.807, 2.05) is 83.1 Å². The van der Waals surface area contributed by atoms with Crippen LogP contribution in [-0.4, -0.2) is 0 Å². The lowest BCUT2D eigenvalue weighted by Gasteiger charge is -2.12. The Bertz CT molecular complexity index is 82.0. The van der Waals surface area contributed by atoms with E-state index in [0.717, 1.165) is 11.8 Å². The molecule has 0 aromatic rings. The first-order chi connectivity index (χ1) is 10.2. The monoisotopic (exact) mass is 306 g/mol. The van der Waals surface area contributed by atoms with Crippen LogP contribution in [0, 0.1) is 11.8 Å². The van der Waals surface area contributed by atoms with Crippen LogP contribution in [0.25, 0.3) is 0 Å². The summed E-state index contributed by atoms with van der Waals surface area (Å²) in [6.07, 6.45) is 5.69. The summed E-state index contributed by atoms with van der Waals surface area (Å²) in [6, 6.07) is 0. The molecule has 0 N–H and O–H groups in total. The van der Waals surface area contributed by atoms with Crippen LogP contribution in [0.5, 0.6) is 0 Å². The van der Waals surface area contributed by atoms with Gasteiger partial charge in [0.25, 0.3) is 0 Å². The van der Waals surface area contributed by atoms with Gasteiger partial charge in [-0.25, -0.2) is 0 Å². The summed E-state index contributed by atoms with van der Waals surface area (Å²) in [5, 5.41) is 0. The molecule has 0 aromatic heterocycles. The third-order valence-electron chi connectivity index (χ3n) is 2.04. The van der Waals surface area contributed by atoms with Gasteiger partial charge in [-0.05, 0) is 18.8 Å². The molecule has 0 heteroatoms. The van der Waals surface area contributed by atoms with Gasteiger partial charge in [0.15, 0.2) is 0 Å². The van der Waals surface area contributed by atoms with Crippen molar-refractivity contribution in [2.45, 2.75) is 117 Å². The van der Waals surface area contributed by atoms with Crippen molar-refractivity contribution in [3.05, 3.63) is 12.2 Å². The number of hydrogen-bond donors (Lipinski definition) is 0. The number of hydrogen-bond acceptors (Lipinski definition) is 0. The van der Waals surface area contributed by atoms with Gasteiger partial charge in [0.05, 0.1) is 0 Å². The second kappa shape index (κ2) is 90.8. The van der Waals surface area contributed by atoms with Gasteiger partial charge in [-0.2, -0.15) is 0 Å². The Morgan fingerprint density at radius 3 is 1.00 bits per heavy atom. The molecule has 0 aromatic carbocycles. The van der Waals surface area contributed by atoms with Crippen LogP contribution in [0.15, 0.2) is 12.2 Å². The minimum atomic E-state index is 0.750. The van der Waals surface area contributed by atoms with Crippen molar-refractivity contribution in [2.24, 2.45) is 11.8 Å². The average molecular weight is 307 g/mol. The van der Waals surface area contributed by atoms with Gasteiger partial charge in [-0.3, -0.25) is 0 Å². The zero-order chi connectivity index (χ0) is 19.3. The van der Waals surface area contributed by atoms with E-state index in [9.17, 15) is 0 Å².